The quantitative estimate of drug-likeness (QED) is 0.381. The molecular weight excluding hydrogens is 400 g/mol. The van der Waals surface area contributed by atoms with Gasteiger partial charge in [0, 0.05) is 10.6 Å². The van der Waals surface area contributed by atoms with Crippen molar-refractivity contribution in [3.8, 4) is 17.1 Å². The number of benzene rings is 2. The summed E-state index contributed by atoms with van der Waals surface area (Å²) in [6.45, 7) is 8.00. The van der Waals surface area contributed by atoms with Crippen molar-refractivity contribution in [3.63, 3.8) is 0 Å². The van der Waals surface area contributed by atoms with Crippen LogP contribution in [0.15, 0.2) is 58.0 Å². The number of hydrazone groups is 1. The van der Waals surface area contributed by atoms with Gasteiger partial charge in [-0.05, 0) is 60.7 Å². The van der Waals surface area contributed by atoms with Gasteiger partial charge < -0.3 is 9.15 Å². The summed E-state index contributed by atoms with van der Waals surface area (Å²) < 4.78 is 11.4. The van der Waals surface area contributed by atoms with E-state index in [9.17, 15) is 4.79 Å². The summed E-state index contributed by atoms with van der Waals surface area (Å²) >= 11 is 6.17. The molecule has 156 valence electrons. The summed E-state index contributed by atoms with van der Waals surface area (Å²) in [5, 5.41) is 4.62. The number of hydrogen-bond donors (Lipinski definition) is 1. The lowest BCUT2D eigenvalue weighted by Crippen LogP contribution is -2.24. The molecular formula is C24H25ClN2O3. The van der Waals surface area contributed by atoms with Crippen LogP contribution in [0.1, 0.15) is 42.2 Å². The van der Waals surface area contributed by atoms with Gasteiger partial charge in [-0.1, -0.05) is 49.7 Å². The highest BCUT2D eigenvalue weighted by molar-refractivity contribution is 6.31. The molecule has 0 bridgehead atoms. The molecule has 0 fully saturated rings. The maximum Gasteiger partial charge on any atom is 0.277 e. The summed E-state index contributed by atoms with van der Waals surface area (Å²) in [5.41, 5.74) is 6.48. The molecule has 1 amide bonds. The normalized spacial score (nSPS) is 11.3. The zero-order chi connectivity index (χ0) is 21.7. The molecule has 0 saturated carbocycles. The van der Waals surface area contributed by atoms with Crippen molar-refractivity contribution >= 4 is 23.7 Å². The Hall–Kier alpha value is -3.05. The molecule has 1 N–H and O–H groups in total. The molecule has 0 unspecified atom stereocenters. The van der Waals surface area contributed by atoms with Crippen LogP contribution in [-0.4, -0.2) is 18.7 Å². The zero-order valence-corrected chi connectivity index (χ0v) is 18.3. The van der Waals surface area contributed by atoms with E-state index < -0.39 is 0 Å². The van der Waals surface area contributed by atoms with Crippen LogP contribution in [0.2, 0.25) is 5.02 Å². The molecule has 0 saturated heterocycles. The minimum Gasteiger partial charge on any atom is -0.483 e. The van der Waals surface area contributed by atoms with Gasteiger partial charge in [0.1, 0.15) is 17.3 Å². The lowest BCUT2D eigenvalue weighted by atomic mass is 10.0. The third-order valence-electron chi connectivity index (χ3n) is 4.70. The number of hydrogen-bond acceptors (Lipinski definition) is 4. The fourth-order valence-electron chi connectivity index (χ4n) is 2.80. The first-order valence-corrected chi connectivity index (χ1v) is 10.1. The number of amides is 1. The first kappa shape index (κ1) is 21.7. The SMILES string of the molecule is Cc1ccc(-c2ccc(/C=N/NC(=O)COc3cc(C(C)C)ccc3C)o2)cc1Cl. The molecule has 0 radical (unpaired) electrons. The number of carbonyl (C=O) groups excluding carboxylic acids is 1. The van der Waals surface area contributed by atoms with Gasteiger partial charge in [-0.2, -0.15) is 5.10 Å². The summed E-state index contributed by atoms with van der Waals surface area (Å²) in [6.07, 6.45) is 1.45. The molecule has 6 heteroatoms. The number of rotatable bonds is 7. The van der Waals surface area contributed by atoms with Gasteiger partial charge in [-0.3, -0.25) is 4.79 Å². The number of furan rings is 1. The van der Waals surface area contributed by atoms with E-state index in [2.05, 4.69) is 30.4 Å². The van der Waals surface area contributed by atoms with E-state index in [1.54, 1.807) is 6.07 Å². The molecule has 3 aromatic rings. The third-order valence-corrected chi connectivity index (χ3v) is 5.11. The molecule has 2 aromatic carbocycles. The molecule has 5 nitrogen and oxygen atoms in total. The Bertz CT molecular complexity index is 1070. The Morgan fingerprint density at radius 3 is 2.63 bits per heavy atom. The number of nitrogens with zero attached hydrogens (tertiary/aromatic N) is 1. The molecule has 0 atom stereocenters. The Labute approximate surface area is 181 Å². The molecule has 1 aromatic heterocycles. The molecule has 0 aliphatic rings. The summed E-state index contributed by atoms with van der Waals surface area (Å²) in [5.74, 6) is 1.93. The molecule has 30 heavy (non-hydrogen) atoms. The molecule has 0 aliphatic heterocycles. The summed E-state index contributed by atoms with van der Waals surface area (Å²) in [6, 6.07) is 15.4. The van der Waals surface area contributed by atoms with Gasteiger partial charge in [0.25, 0.3) is 5.91 Å². The highest BCUT2D eigenvalue weighted by atomic mass is 35.5. The van der Waals surface area contributed by atoms with Crippen molar-refractivity contribution < 1.29 is 13.9 Å². The predicted octanol–water partition coefficient (Wildman–Crippen LogP) is 5.87. The summed E-state index contributed by atoms with van der Waals surface area (Å²) in [4.78, 5) is 12.0. The van der Waals surface area contributed by atoms with Crippen LogP contribution in [-0.2, 0) is 4.79 Å². The highest BCUT2D eigenvalue weighted by Gasteiger charge is 2.08. The van der Waals surface area contributed by atoms with Crippen molar-refractivity contribution in [1.29, 1.82) is 0 Å². The van der Waals surface area contributed by atoms with Crippen molar-refractivity contribution in [2.24, 2.45) is 5.10 Å². The Kier molecular flexibility index (Phi) is 6.95. The number of halogens is 1. The smallest absolute Gasteiger partial charge is 0.277 e. The van der Waals surface area contributed by atoms with Crippen LogP contribution in [0.5, 0.6) is 5.75 Å². The van der Waals surface area contributed by atoms with Crippen molar-refractivity contribution in [3.05, 3.63) is 76.0 Å². The lowest BCUT2D eigenvalue weighted by molar-refractivity contribution is -0.123. The molecule has 3 rings (SSSR count). The van der Waals surface area contributed by atoms with E-state index in [1.807, 2.05) is 50.2 Å². The number of carbonyl (C=O) groups is 1. The van der Waals surface area contributed by atoms with Crippen LogP contribution < -0.4 is 10.2 Å². The molecule has 0 aliphatic carbocycles. The van der Waals surface area contributed by atoms with E-state index in [-0.39, 0.29) is 12.5 Å². The van der Waals surface area contributed by atoms with Crippen molar-refractivity contribution in [2.45, 2.75) is 33.6 Å². The summed E-state index contributed by atoms with van der Waals surface area (Å²) in [7, 11) is 0. The number of nitrogens with one attached hydrogen (secondary N) is 1. The highest BCUT2D eigenvalue weighted by Crippen LogP contribution is 2.26. The fourth-order valence-corrected chi connectivity index (χ4v) is 2.98. The van der Waals surface area contributed by atoms with Gasteiger partial charge in [-0.25, -0.2) is 5.43 Å². The van der Waals surface area contributed by atoms with E-state index >= 15 is 0 Å². The van der Waals surface area contributed by atoms with Crippen LogP contribution in [0.4, 0.5) is 0 Å². The second kappa shape index (κ2) is 9.63. The monoisotopic (exact) mass is 424 g/mol. The zero-order valence-electron chi connectivity index (χ0n) is 17.5. The topological polar surface area (TPSA) is 63.8 Å². The van der Waals surface area contributed by atoms with Gasteiger partial charge in [0.05, 0.1) is 6.21 Å². The maximum atomic E-state index is 12.0. The second-order valence-electron chi connectivity index (χ2n) is 7.43. The molecule has 1 heterocycles. The van der Waals surface area contributed by atoms with E-state index in [4.69, 9.17) is 20.8 Å². The largest absolute Gasteiger partial charge is 0.483 e. The van der Waals surface area contributed by atoms with Crippen molar-refractivity contribution in [1.82, 2.24) is 5.43 Å². The van der Waals surface area contributed by atoms with Gasteiger partial charge in [0.2, 0.25) is 0 Å². The van der Waals surface area contributed by atoms with E-state index in [0.717, 1.165) is 22.3 Å². The average Bonchev–Trinajstić information content (AvgIpc) is 3.18. The maximum absolute atomic E-state index is 12.0. The van der Waals surface area contributed by atoms with Crippen LogP contribution in [0.25, 0.3) is 11.3 Å². The van der Waals surface area contributed by atoms with E-state index in [1.165, 1.54) is 6.21 Å². The van der Waals surface area contributed by atoms with Crippen LogP contribution in [0.3, 0.4) is 0 Å². The minimum absolute atomic E-state index is 0.120. The van der Waals surface area contributed by atoms with E-state index in [0.29, 0.717) is 28.2 Å². The predicted molar refractivity (Wildman–Crippen MR) is 120 cm³/mol. The Morgan fingerprint density at radius 2 is 1.90 bits per heavy atom. The third kappa shape index (κ3) is 5.51. The Morgan fingerprint density at radius 1 is 1.13 bits per heavy atom. The van der Waals surface area contributed by atoms with Crippen LogP contribution >= 0.6 is 11.6 Å². The second-order valence-corrected chi connectivity index (χ2v) is 7.83. The Balaban J connectivity index is 1.54. The van der Waals surface area contributed by atoms with Crippen molar-refractivity contribution in [2.75, 3.05) is 6.61 Å². The first-order valence-electron chi connectivity index (χ1n) is 9.75. The van der Waals surface area contributed by atoms with Gasteiger partial charge >= 0.3 is 0 Å². The van der Waals surface area contributed by atoms with Gasteiger partial charge in [-0.15, -0.1) is 0 Å². The molecule has 0 spiro atoms. The average molecular weight is 425 g/mol. The minimum atomic E-state index is -0.349. The standard InChI is InChI=1S/C24H25ClN2O3/c1-15(2)18-7-6-17(4)23(12-18)29-14-24(28)27-26-13-20-9-10-22(30-20)19-8-5-16(3)21(25)11-19/h5-13,15H,14H2,1-4H3,(H,27,28)/b26-13+. The number of ether oxygens (including phenoxy) is 1. The van der Waals surface area contributed by atoms with Crippen LogP contribution in [0, 0.1) is 13.8 Å². The fraction of sp³-hybridized carbons (Fsp3) is 0.250. The van der Waals surface area contributed by atoms with Gasteiger partial charge in [0.15, 0.2) is 6.61 Å². The number of aryl methyl sites for hydroxylation is 2. The lowest BCUT2D eigenvalue weighted by Gasteiger charge is -2.12. The first-order chi connectivity index (χ1) is 14.3.